The molecule has 0 aromatic heterocycles. The number of carboxylic acid groups (broad SMARTS) is 1. The van der Waals surface area contributed by atoms with E-state index in [-0.39, 0.29) is 18.4 Å². The van der Waals surface area contributed by atoms with Gasteiger partial charge in [-0.1, -0.05) is 13.8 Å². The fourth-order valence-electron chi connectivity index (χ4n) is 1.55. The van der Waals surface area contributed by atoms with Crippen LogP contribution in [0.15, 0.2) is 0 Å². The van der Waals surface area contributed by atoms with Crippen LogP contribution in [0.3, 0.4) is 0 Å². The summed E-state index contributed by atoms with van der Waals surface area (Å²) in [5.41, 5.74) is -0.297. The van der Waals surface area contributed by atoms with E-state index >= 15 is 0 Å². The quantitative estimate of drug-likeness (QED) is 0.758. The molecule has 0 aromatic carbocycles. The first-order valence-corrected chi connectivity index (χ1v) is 6.20. The summed E-state index contributed by atoms with van der Waals surface area (Å²) in [4.78, 5) is 22.4. The molecule has 20 heavy (non-hydrogen) atoms. The minimum atomic E-state index is -4.42. The molecule has 8 heteroatoms. The van der Waals surface area contributed by atoms with E-state index in [1.165, 1.54) is 0 Å². The Balaban J connectivity index is 4.04. The molecule has 118 valence electrons. The SMILES string of the molecule is CN(CC(F)(F)F)C(=O)NCCC(C)(C)CCC(=O)O. The van der Waals surface area contributed by atoms with Crippen molar-refractivity contribution >= 4 is 12.0 Å². The highest BCUT2D eigenvalue weighted by molar-refractivity contribution is 5.73. The lowest BCUT2D eigenvalue weighted by molar-refractivity contribution is -0.138. The Labute approximate surface area is 116 Å². The molecule has 0 saturated heterocycles. The number of urea groups is 1. The Morgan fingerprint density at radius 2 is 1.75 bits per heavy atom. The third-order valence-electron chi connectivity index (χ3n) is 2.86. The van der Waals surface area contributed by atoms with Gasteiger partial charge in [-0.2, -0.15) is 13.2 Å². The molecule has 2 amide bonds. The Bertz CT molecular complexity index is 343. The third-order valence-corrected chi connectivity index (χ3v) is 2.86. The minimum absolute atomic E-state index is 0.0227. The van der Waals surface area contributed by atoms with Crippen molar-refractivity contribution in [3.63, 3.8) is 0 Å². The van der Waals surface area contributed by atoms with E-state index in [2.05, 4.69) is 5.32 Å². The van der Waals surface area contributed by atoms with Crippen LogP contribution in [0.25, 0.3) is 0 Å². The van der Waals surface area contributed by atoms with Crippen LogP contribution in [-0.4, -0.2) is 48.3 Å². The predicted molar refractivity (Wildman–Crippen MR) is 67.4 cm³/mol. The first-order chi connectivity index (χ1) is 8.93. The largest absolute Gasteiger partial charge is 0.481 e. The van der Waals surface area contributed by atoms with Crippen LogP contribution in [0, 0.1) is 5.41 Å². The molecular formula is C12H21F3N2O3. The molecule has 0 spiro atoms. The van der Waals surface area contributed by atoms with Gasteiger partial charge in [0.2, 0.25) is 0 Å². The van der Waals surface area contributed by atoms with Gasteiger partial charge < -0.3 is 15.3 Å². The average molecular weight is 298 g/mol. The standard InChI is InChI=1S/C12H21F3N2O3/c1-11(2,5-4-9(18)19)6-7-16-10(20)17(3)8-12(13,14)15/h4-8H2,1-3H3,(H,16,20)(H,18,19). The molecule has 0 heterocycles. The fourth-order valence-corrected chi connectivity index (χ4v) is 1.55. The van der Waals surface area contributed by atoms with Crippen molar-refractivity contribution in [2.75, 3.05) is 20.1 Å². The van der Waals surface area contributed by atoms with Crippen LogP contribution in [0.1, 0.15) is 33.1 Å². The number of nitrogens with one attached hydrogen (secondary N) is 1. The maximum absolute atomic E-state index is 12.1. The van der Waals surface area contributed by atoms with Gasteiger partial charge in [-0.05, 0) is 18.3 Å². The second-order valence-corrected chi connectivity index (χ2v) is 5.51. The van der Waals surface area contributed by atoms with Crippen LogP contribution in [-0.2, 0) is 4.79 Å². The van der Waals surface area contributed by atoms with Gasteiger partial charge in [0.25, 0.3) is 0 Å². The molecule has 0 aliphatic carbocycles. The number of rotatable bonds is 7. The Morgan fingerprint density at radius 3 is 2.20 bits per heavy atom. The summed E-state index contributed by atoms with van der Waals surface area (Å²) in [5.74, 6) is -0.896. The van der Waals surface area contributed by atoms with Crippen molar-refractivity contribution in [2.45, 2.75) is 39.3 Å². The number of carbonyl (C=O) groups excluding carboxylic acids is 1. The van der Waals surface area contributed by atoms with Gasteiger partial charge in [-0.25, -0.2) is 4.79 Å². The summed E-state index contributed by atoms with van der Waals surface area (Å²) in [6.07, 6.45) is -3.47. The van der Waals surface area contributed by atoms with E-state index in [0.717, 1.165) is 7.05 Å². The maximum atomic E-state index is 12.1. The van der Waals surface area contributed by atoms with Gasteiger partial charge in [0.05, 0.1) is 0 Å². The number of hydrogen-bond acceptors (Lipinski definition) is 2. The van der Waals surface area contributed by atoms with Crippen LogP contribution in [0.5, 0.6) is 0 Å². The van der Waals surface area contributed by atoms with Gasteiger partial charge >= 0.3 is 18.2 Å². The van der Waals surface area contributed by atoms with Crippen LogP contribution < -0.4 is 5.32 Å². The number of alkyl halides is 3. The smallest absolute Gasteiger partial charge is 0.406 e. The molecule has 0 aliphatic heterocycles. The molecule has 0 saturated carbocycles. The van der Waals surface area contributed by atoms with Crippen molar-refractivity contribution in [1.82, 2.24) is 10.2 Å². The lowest BCUT2D eigenvalue weighted by Gasteiger charge is -2.25. The van der Waals surface area contributed by atoms with E-state index in [1.54, 1.807) is 0 Å². The number of hydrogen-bond donors (Lipinski definition) is 2. The summed E-state index contributed by atoms with van der Waals surface area (Å²) in [5, 5.41) is 11.0. The molecule has 0 aromatic rings. The average Bonchev–Trinajstić information content (AvgIpc) is 2.23. The summed E-state index contributed by atoms with van der Waals surface area (Å²) in [7, 11) is 1.07. The first-order valence-electron chi connectivity index (χ1n) is 6.20. The molecule has 0 bridgehead atoms. The van der Waals surface area contributed by atoms with E-state index in [9.17, 15) is 22.8 Å². The molecule has 0 atom stereocenters. The number of carbonyl (C=O) groups is 2. The summed E-state index contributed by atoms with van der Waals surface area (Å²) >= 11 is 0. The normalized spacial score (nSPS) is 12.1. The van der Waals surface area contributed by atoms with Gasteiger partial charge in [-0.15, -0.1) is 0 Å². The second-order valence-electron chi connectivity index (χ2n) is 5.51. The molecular weight excluding hydrogens is 277 g/mol. The highest BCUT2D eigenvalue weighted by atomic mass is 19.4. The maximum Gasteiger partial charge on any atom is 0.406 e. The van der Waals surface area contributed by atoms with Crippen molar-refractivity contribution in [1.29, 1.82) is 0 Å². The van der Waals surface area contributed by atoms with E-state index < -0.39 is 24.7 Å². The highest BCUT2D eigenvalue weighted by Gasteiger charge is 2.31. The summed E-state index contributed by atoms with van der Waals surface area (Å²) < 4.78 is 36.2. The highest BCUT2D eigenvalue weighted by Crippen LogP contribution is 2.26. The van der Waals surface area contributed by atoms with E-state index in [4.69, 9.17) is 5.11 Å². The van der Waals surface area contributed by atoms with Crippen molar-refractivity contribution < 1.29 is 27.9 Å². The number of aliphatic carboxylic acids is 1. The van der Waals surface area contributed by atoms with Gasteiger partial charge in [0.15, 0.2) is 0 Å². The van der Waals surface area contributed by atoms with Crippen molar-refractivity contribution in [3.8, 4) is 0 Å². The van der Waals surface area contributed by atoms with Crippen molar-refractivity contribution in [2.24, 2.45) is 5.41 Å². The minimum Gasteiger partial charge on any atom is -0.481 e. The number of halogens is 3. The van der Waals surface area contributed by atoms with Crippen molar-refractivity contribution in [3.05, 3.63) is 0 Å². The number of amides is 2. The zero-order valence-corrected chi connectivity index (χ0v) is 11.9. The molecule has 0 radical (unpaired) electrons. The first kappa shape index (κ1) is 18.5. The molecule has 5 nitrogen and oxygen atoms in total. The van der Waals surface area contributed by atoms with E-state index in [0.29, 0.717) is 17.7 Å². The molecule has 2 N–H and O–H groups in total. The van der Waals surface area contributed by atoms with Crippen LogP contribution in [0.2, 0.25) is 0 Å². The Hall–Kier alpha value is -1.47. The molecule has 0 unspecified atom stereocenters. The van der Waals surface area contributed by atoms with Gasteiger partial charge in [0.1, 0.15) is 6.54 Å². The summed E-state index contributed by atoms with van der Waals surface area (Å²) in [6.45, 7) is 2.60. The van der Waals surface area contributed by atoms with Crippen LogP contribution >= 0.6 is 0 Å². The second kappa shape index (κ2) is 7.35. The number of nitrogens with zero attached hydrogens (tertiary/aromatic N) is 1. The van der Waals surface area contributed by atoms with E-state index in [1.807, 2.05) is 13.8 Å². The topological polar surface area (TPSA) is 69.6 Å². The van der Waals surface area contributed by atoms with Crippen LogP contribution in [0.4, 0.5) is 18.0 Å². The third kappa shape index (κ3) is 9.46. The number of carboxylic acids is 1. The lowest BCUT2D eigenvalue weighted by atomic mass is 9.84. The zero-order valence-electron chi connectivity index (χ0n) is 11.9. The molecule has 0 rings (SSSR count). The van der Waals surface area contributed by atoms with Gasteiger partial charge in [-0.3, -0.25) is 4.79 Å². The molecule has 0 aliphatic rings. The Kier molecular flexibility index (Phi) is 6.81. The lowest BCUT2D eigenvalue weighted by Crippen LogP contribution is -2.43. The summed E-state index contributed by atoms with van der Waals surface area (Å²) in [6, 6.07) is -0.795. The fraction of sp³-hybridized carbons (Fsp3) is 0.833. The van der Waals surface area contributed by atoms with Gasteiger partial charge in [0, 0.05) is 20.0 Å². The predicted octanol–water partition coefficient (Wildman–Crippen LogP) is 2.47. The Morgan fingerprint density at radius 1 is 1.20 bits per heavy atom. The monoisotopic (exact) mass is 298 g/mol. The zero-order chi connectivity index (χ0) is 16.0. The molecule has 0 fully saturated rings.